The van der Waals surface area contributed by atoms with E-state index in [0.29, 0.717) is 0 Å². The Morgan fingerprint density at radius 1 is 0.457 bits per heavy atom. The molecule has 0 fully saturated rings. The zero-order chi connectivity index (χ0) is 23.2. The summed E-state index contributed by atoms with van der Waals surface area (Å²) in [5.41, 5.74) is 6.10. The number of imidazole rings is 1. The fourth-order valence-corrected chi connectivity index (χ4v) is 5.31. The van der Waals surface area contributed by atoms with Crippen LogP contribution in [0.5, 0.6) is 0 Å². The van der Waals surface area contributed by atoms with E-state index in [1.54, 1.807) is 6.20 Å². The van der Waals surface area contributed by atoms with E-state index in [2.05, 4.69) is 125 Å². The van der Waals surface area contributed by atoms with Crippen molar-refractivity contribution in [1.29, 1.82) is 0 Å². The molecule has 0 saturated carbocycles. The van der Waals surface area contributed by atoms with Crippen molar-refractivity contribution in [3.8, 4) is 33.6 Å². The number of aromatic nitrogens is 2. The molecule has 0 spiro atoms. The molecule has 0 unspecified atom stereocenters. The van der Waals surface area contributed by atoms with Gasteiger partial charge in [-0.05, 0) is 60.6 Å². The molecule has 35 heavy (non-hydrogen) atoms. The van der Waals surface area contributed by atoms with Gasteiger partial charge in [-0.3, -0.25) is 0 Å². The third kappa shape index (κ3) is 3.23. The van der Waals surface area contributed by atoms with Gasteiger partial charge in [0.25, 0.3) is 0 Å². The maximum Gasteiger partial charge on any atom is 0.137 e. The lowest BCUT2D eigenvalue weighted by Crippen LogP contribution is -1.91. The molecule has 2 nitrogen and oxygen atoms in total. The van der Waals surface area contributed by atoms with Crippen molar-refractivity contribution in [2.75, 3.05) is 0 Å². The highest BCUT2D eigenvalue weighted by Gasteiger charge is 2.16. The molecule has 0 aliphatic heterocycles. The minimum absolute atomic E-state index is 0.887. The first kappa shape index (κ1) is 19.7. The first-order valence-electron chi connectivity index (χ1n) is 11.9. The summed E-state index contributed by atoms with van der Waals surface area (Å²) in [4.78, 5) is 7.60. The lowest BCUT2D eigenvalue weighted by atomic mass is 9.85. The fraction of sp³-hybridized carbons (Fsp3) is 0. The van der Waals surface area contributed by atoms with Gasteiger partial charge in [0.15, 0.2) is 0 Å². The van der Waals surface area contributed by atoms with Crippen LogP contribution in [0.3, 0.4) is 0 Å². The molecule has 0 radical (unpaired) electrons. The minimum atomic E-state index is 0.887. The van der Waals surface area contributed by atoms with Crippen LogP contribution in [0.2, 0.25) is 0 Å². The molecule has 1 heterocycles. The van der Waals surface area contributed by atoms with Crippen molar-refractivity contribution in [3.05, 3.63) is 128 Å². The minimum Gasteiger partial charge on any atom is -0.345 e. The molecule has 1 aromatic heterocycles. The Bertz CT molecular complexity index is 1770. The van der Waals surface area contributed by atoms with Crippen LogP contribution in [0.25, 0.3) is 66.0 Å². The number of nitrogens with one attached hydrogen (secondary N) is 1. The molecule has 0 aliphatic rings. The average molecular weight is 447 g/mol. The topological polar surface area (TPSA) is 28.7 Å². The van der Waals surface area contributed by atoms with Crippen molar-refractivity contribution in [2.24, 2.45) is 0 Å². The molecule has 2 heteroatoms. The second kappa shape index (κ2) is 7.96. The number of benzene rings is 6. The quantitative estimate of drug-likeness (QED) is 0.270. The van der Waals surface area contributed by atoms with Gasteiger partial charge in [-0.2, -0.15) is 0 Å². The van der Waals surface area contributed by atoms with Crippen molar-refractivity contribution in [1.82, 2.24) is 9.97 Å². The van der Waals surface area contributed by atoms with Crippen LogP contribution in [0.1, 0.15) is 0 Å². The van der Waals surface area contributed by atoms with Crippen molar-refractivity contribution in [3.63, 3.8) is 0 Å². The molecule has 0 atom stereocenters. The molecule has 7 aromatic rings. The highest BCUT2D eigenvalue weighted by molar-refractivity contribution is 6.21. The predicted molar refractivity (Wildman–Crippen MR) is 147 cm³/mol. The van der Waals surface area contributed by atoms with Gasteiger partial charge < -0.3 is 4.98 Å². The Kier molecular flexibility index (Phi) is 4.49. The van der Waals surface area contributed by atoms with E-state index in [4.69, 9.17) is 0 Å². The Labute approximate surface area is 203 Å². The molecular weight excluding hydrogens is 424 g/mol. The Morgan fingerprint density at radius 2 is 0.971 bits per heavy atom. The van der Waals surface area contributed by atoms with Gasteiger partial charge >= 0.3 is 0 Å². The maximum atomic E-state index is 4.40. The molecule has 164 valence electrons. The lowest BCUT2D eigenvalue weighted by molar-refractivity contribution is 1.31. The summed E-state index contributed by atoms with van der Waals surface area (Å²) in [5.74, 6) is 0.887. The Balaban J connectivity index is 1.52. The second-order valence-corrected chi connectivity index (χ2v) is 8.92. The van der Waals surface area contributed by atoms with Crippen LogP contribution < -0.4 is 0 Å². The number of fused-ring (bicyclic) bond motifs is 3. The third-order valence-electron chi connectivity index (χ3n) is 6.91. The highest BCUT2D eigenvalue weighted by atomic mass is 14.9. The van der Waals surface area contributed by atoms with E-state index in [0.717, 1.165) is 11.4 Å². The zero-order valence-electron chi connectivity index (χ0n) is 19.1. The molecule has 0 amide bonds. The van der Waals surface area contributed by atoms with E-state index >= 15 is 0 Å². The van der Waals surface area contributed by atoms with Crippen molar-refractivity contribution in [2.45, 2.75) is 0 Å². The third-order valence-corrected chi connectivity index (χ3v) is 6.91. The largest absolute Gasteiger partial charge is 0.345 e. The Morgan fingerprint density at radius 3 is 1.57 bits per heavy atom. The van der Waals surface area contributed by atoms with Crippen LogP contribution in [0, 0.1) is 0 Å². The van der Waals surface area contributed by atoms with Crippen LogP contribution in [0.15, 0.2) is 128 Å². The van der Waals surface area contributed by atoms with Crippen LogP contribution in [-0.2, 0) is 0 Å². The van der Waals surface area contributed by atoms with Gasteiger partial charge in [0, 0.05) is 18.0 Å². The molecule has 0 saturated heterocycles. The summed E-state index contributed by atoms with van der Waals surface area (Å²) >= 11 is 0. The van der Waals surface area contributed by atoms with Gasteiger partial charge in [0.2, 0.25) is 0 Å². The van der Waals surface area contributed by atoms with Crippen LogP contribution in [0.4, 0.5) is 0 Å². The molecule has 1 N–H and O–H groups in total. The average Bonchev–Trinajstić information content (AvgIpc) is 3.47. The molecule has 7 rings (SSSR count). The monoisotopic (exact) mass is 446 g/mol. The summed E-state index contributed by atoms with van der Waals surface area (Å²) in [6.07, 6.45) is 3.64. The number of nitrogens with zero attached hydrogens (tertiary/aromatic N) is 1. The summed E-state index contributed by atoms with van der Waals surface area (Å²) in [6, 6.07) is 41.7. The molecule has 0 aliphatic carbocycles. The first-order valence-corrected chi connectivity index (χ1v) is 11.9. The van der Waals surface area contributed by atoms with E-state index in [9.17, 15) is 0 Å². The molecular formula is C33H22N2. The van der Waals surface area contributed by atoms with Crippen molar-refractivity contribution < 1.29 is 0 Å². The van der Waals surface area contributed by atoms with Crippen molar-refractivity contribution >= 4 is 32.3 Å². The standard InChI is InChI=1S/C33H22N2/c1-2-8-25-21-26(18-13-22(25)7-1)32-29-11-5-3-9-27(29)31(28-10-4-6-12-30(28)32)23-14-16-24(17-15-23)33-34-19-20-35-33/h1-21H,(H,34,35). The molecule has 6 aromatic carbocycles. The summed E-state index contributed by atoms with van der Waals surface area (Å²) < 4.78 is 0. The van der Waals surface area contributed by atoms with E-state index in [1.807, 2.05) is 6.20 Å². The van der Waals surface area contributed by atoms with Gasteiger partial charge in [-0.15, -0.1) is 0 Å². The normalized spacial score (nSPS) is 11.4. The lowest BCUT2D eigenvalue weighted by Gasteiger charge is -2.18. The summed E-state index contributed by atoms with van der Waals surface area (Å²) in [7, 11) is 0. The number of hydrogen-bond acceptors (Lipinski definition) is 1. The number of rotatable bonds is 3. The van der Waals surface area contributed by atoms with Gasteiger partial charge in [0.05, 0.1) is 0 Å². The fourth-order valence-electron chi connectivity index (χ4n) is 5.31. The summed E-state index contributed by atoms with van der Waals surface area (Å²) in [6.45, 7) is 0. The molecule has 0 bridgehead atoms. The Hall–Kier alpha value is -4.69. The van der Waals surface area contributed by atoms with E-state index in [-0.39, 0.29) is 0 Å². The summed E-state index contributed by atoms with van der Waals surface area (Å²) in [5, 5.41) is 7.59. The van der Waals surface area contributed by atoms with Gasteiger partial charge in [-0.25, -0.2) is 4.98 Å². The number of hydrogen-bond donors (Lipinski definition) is 1. The van der Waals surface area contributed by atoms with Crippen LogP contribution >= 0.6 is 0 Å². The number of aromatic amines is 1. The highest BCUT2D eigenvalue weighted by Crippen LogP contribution is 2.44. The predicted octanol–water partition coefficient (Wildman–Crippen LogP) is 8.87. The second-order valence-electron chi connectivity index (χ2n) is 8.92. The smallest absolute Gasteiger partial charge is 0.137 e. The maximum absolute atomic E-state index is 4.40. The van der Waals surface area contributed by atoms with Gasteiger partial charge in [0.1, 0.15) is 5.82 Å². The zero-order valence-corrected chi connectivity index (χ0v) is 19.1. The van der Waals surface area contributed by atoms with Gasteiger partial charge in [-0.1, -0.05) is 109 Å². The van der Waals surface area contributed by atoms with E-state index in [1.165, 1.54) is 54.6 Å². The van der Waals surface area contributed by atoms with E-state index < -0.39 is 0 Å². The first-order chi connectivity index (χ1) is 17.4. The SMILES string of the molecule is c1ccc2cc(-c3c4ccccc4c(-c4ccc(-c5ncc[nH]5)cc4)c4ccccc34)ccc2c1. The van der Waals surface area contributed by atoms with Crippen LogP contribution in [-0.4, -0.2) is 9.97 Å². The number of H-pyrrole nitrogens is 1.